The van der Waals surface area contributed by atoms with Gasteiger partial charge < -0.3 is 4.74 Å². The van der Waals surface area contributed by atoms with Gasteiger partial charge in [-0.2, -0.15) is 0 Å². The van der Waals surface area contributed by atoms with Gasteiger partial charge in [0, 0.05) is 10.3 Å². The average molecular weight is 234 g/mol. The van der Waals surface area contributed by atoms with Gasteiger partial charge in [-0.1, -0.05) is 0 Å². The van der Waals surface area contributed by atoms with Crippen molar-refractivity contribution in [2.45, 2.75) is 6.92 Å². The Morgan fingerprint density at radius 1 is 1.25 bits per heavy atom. The van der Waals surface area contributed by atoms with Gasteiger partial charge in [0.25, 0.3) is 0 Å². The molecule has 82 valence electrons. The molecule has 0 unspecified atom stereocenters. The molecule has 3 nitrogen and oxygen atoms in total. The third kappa shape index (κ3) is 1.84. The Kier molecular flexibility index (Phi) is 2.75. The van der Waals surface area contributed by atoms with Crippen molar-refractivity contribution < 1.29 is 14.3 Å². The summed E-state index contributed by atoms with van der Waals surface area (Å²) in [5.74, 6) is -0.321. The van der Waals surface area contributed by atoms with E-state index < -0.39 is 0 Å². The predicted octanol–water partition coefficient (Wildman–Crippen LogP) is 2.89. The first-order valence-electron chi connectivity index (χ1n) is 4.74. The smallest absolute Gasteiger partial charge is 0.348 e. The van der Waals surface area contributed by atoms with Crippen LogP contribution < -0.4 is 0 Å². The number of hydrogen-bond acceptors (Lipinski definition) is 4. The largest absolute Gasteiger partial charge is 0.465 e. The van der Waals surface area contributed by atoms with Crippen LogP contribution in [0.3, 0.4) is 0 Å². The number of thiophene rings is 1. The third-order valence-corrected chi connectivity index (χ3v) is 3.41. The molecule has 0 amide bonds. The minimum absolute atomic E-state index is 0.0210. The Balaban J connectivity index is 2.54. The number of carbonyl (C=O) groups is 2. The summed E-state index contributed by atoms with van der Waals surface area (Å²) in [6.45, 7) is 1.52. The van der Waals surface area contributed by atoms with E-state index >= 15 is 0 Å². The maximum Gasteiger partial charge on any atom is 0.348 e. The van der Waals surface area contributed by atoms with Crippen molar-refractivity contribution >= 4 is 33.2 Å². The predicted molar refractivity (Wildman–Crippen MR) is 63.2 cm³/mol. The van der Waals surface area contributed by atoms with Gasteiger partial charge in [0.15, 0.2) is 5.78 Å². The molecule has 16 heavy (non-hydrogen) atoms. The summed E-state index contributed by atoms with van der Waals surface area (Å²) < 4.78 is 5.63. The Morgan fingerprint density at radius 3 is 2.62 bits per heavy atom. The summed E-state index contributed by atoms with van der Waals surface area (Å²) in [5, 5.41) is 0.901. The molecule has 0 atom stereocenters. The van der Waals surface area contributed by atoms with Crippen molar-refractivity contribution in [2.24, 2.45) is 0 Å². The van der Waals surface area contributed by atoms with E-state index in [1.807, 2.05) is 6.07 Å². The number of esters is 1. The molecule has 1 heterocycles. The SMILES string of the molecule is COC(=O)c1cc2cc(C(C)=O)ccc2s1. The van der Waals surface area contributed by atoms with Crippen molar-refractivity contribution in [3.63, 3.8) is 0 Å². The normalized spacial score (nSPS) is 10.4. The van der Waals surface area contributed by atoms with Crippen molar-refractivity contribution in [3.05, 3.63) is 34.7 Å². The Labute approximate surface area is 96.6 Å². The highest BCUT2D eigenvalue weighted by Crippen LogP contribution is 2.27. The second-order valence-corrected chi connectivity index (χ2v) is 4.49. The Hall–Kier alpha value is -1.68. The first-order chi connectivity index (χ1) is 7.61. The molecule has 0 N–H and O–H groups in total. The van der Waals surface area contributed by atoms with E-state index in [2.05, 4.69) is 4.74 Å². The maximum absolute atomic E-state index is 11.3. The number of rotatable bonds is 2. The number of fused-ring (bicyclic) bond motifs is 1. The standard InChI is InChI=1S/C12H10O3S/c1-7(13)8-3-4-10-9(5-8)6-11(16-10)12(14)15-2/h3-6H,1-2H3. The van der Waals surface area contributed by atoms with Crippen LogP contribution in [0.4, 0.5) is 0 Å². The number of ether oxygens (including phenoxy) is 1. The molecule has 2 rings (SSSR count). The summed E-state index contributed by atoms with van der Waals surface area (Å²) in [6.07, 6.45) is 0. The van der Waals surface area contributed by atoms with Gasteiger partial charge in [-0.05, 0) is 36.6 Å². The fourth-order valence-electron chi connectivity index (χ4n) is 1.46. The van der Waals surface area contributed by atoms with Crippen LogP contribution in [0.15, 0.2) is 24.3 Å². The number of Topliss-reactive ketones (excluding diaryl/α,β-unsaturated/α-hetero) is 1. The van der Waals surface area contributed by atoms with Gasteiger partial charge in [-0.3, -0.25) is 4.79 Å². The van der Waals surface area contributed by atoms with Crippen LogP contribution in [0, 0.1) is 0 Å². The second kappa shape index (κ2) is 4.06. The van der Waals surface area contributed by atoms with E-state index in [-0.39, 0.29) is 11.8 Å². The van der Waals surface area contributed by atoms with Gasteiger partial charge in [-0.15, -0.1) is 11.3 Å². The van der Waals surface area contributed by atoms with Gasteiger partial charge in [-0.25, -0.2) is 4.79 Å². The first-order valence-corrected chi connectivity index (χ1v) is 5.56. The zero-order valence-corrected chi connectivity index (χ0v) is 9.76. The van der Waals surface area contributed by atoms with Gasteiger partial charge in [0.1, 0.15) is 4.88 Å². The Morgan fingerprint density at radius 2 is 2.00 bits per heavy atom. The molecule has 0 saturated heterocycles. The lowest BCUT2D eigenvalue weighted by Gasteiger charge is -1.94. The average Bonchev–Trinajstić information content (AvgIpc) is 2.70. The van der Waals surface area contributed by atoms with Crippen molar-refractivity contribution in [2.75, 3.05) is 7.11 Å². The molecule has 0 saturated carbocycles. The lowest BCUT2D eigenvalue weighted by Crippen LogP contribution is -1.96. The molecule has 0 aliphatic heterocycles. The summed E-state index contributed by atoms with van der Waals surface area (Å²) in [6, 6.07) is 7.16. The number of ketones is 1. The summed E-state index contributed by atoms with van der Waals surface area (Å²) in [4.78, 5) is 23.1. The minimum Gasteiger partial charge on any atom is -0.465 e. The molecule has 0 radical (unpaired) electrons. The fourth-order valence-corrected chi connectivity index (χ4v) is 2.42. The minimum atomic E-state index is -0.342. The van der Waals surface area contributed by atoms with Crippen molar-refractivity contribution in [3.8, 4) is 0 Å². The van der Waals surface area contributed by atoms with Crippen LogP contribution in [-0.2, 0) is 4.74 Å². The lowest BCUT2D eigenvalue weighted by atomic mass is 10.1. The Bertz CT molecular complexity index is 569. The maximum atomic E-state index is 11.3. The van der Waals surface area contributed by atoms with Crippen LogP contribution in [0.5, 0.6) is 0 Å². The number of carbonyl (C=O) groups excluding carboxylic acids is 2. The van der Waals surface area contributed by atoms with Gasteiger partial charge >= 0.3 is 5.97 Å². The van der Waals surface area contributed by atoms with Crippen LogP contribution >= 0.6 is 11.3 Å². The van der Waals surface area contributed by atoms with E-state index in [1.54, 1.807) is 18.2 Å². The molecule has 0 aliphatic rings. The molecular formula is C12H10O3S. The number of hydrogen-bond donors (Lipinski definition) is 0. The van der Waals surface area contributed by atoms with E-state index in [4.69, 9.17) is 0 Å². The van der Waals surface area contributed by atoms with Gasteiger partial charge in [0.2, 0.25) is 0 Å². The number of methoxy groups -OCH3 is 1. The van der Waals surface area contributed by atoms with Crippen molar-refractivity contribution in [1.29, 1.82) is 0 Å². The summed E-state index contributed by atoms with van der Waals surface area (Å²) in [7, 11) is 1.35. The van der Waals surface area contributed by atoms with Crippen LogP contribution in [0.25, 0.3) is 10.1 Å². The molecule has 0 spiro atoms. The number of benzene rings is 1. The molecular weight excluding hydrogens is 224 g/mol. The van der Waals surface area contributed by atoms with Gasteiger partial charge in [0.05, 0.1) is 7.11 Å². The molecule has 1 aromatic heterocycles. The van der Waals surface area contributed by atoms with E-state index in [0.29, 0.717) is 10.4 Å². The van der Waals surface area contributed by atoms with E-state index in [9.17, 15) is 9.59 Å². The molecule has 4 heteroatoms. The van der Waals surface area contributed by atoms with Crippen molar-refractivity contribution in [1.82, 2.24) is 0 Å². The van der Waals surface area contributed by atoms with Crippen LogP contribution in [0.1, 0.15) is 27.0 Å². The zero-order chi connectivity index (χ0) is 11.7. The summed E-state index contributed by atoms with van der Waals surface area (Å²) in [5.41, 5.74) is 0.654. The highest BCUT2D eigenvalue weighted by molar-refractivity contribution is 7.20. The fraction of sp³-hybridized carbons (Fsp3) is 0.167. The highest BCUT2D eigenvalue weighted by atomic mass is 32.1. The monoisotopic (exact) mass is 234 g/mol. The summed E-state index contributed by atoms with van der Waals surface area (Å²) >= 11 is 1.36. The molecule has 0 fully saturated rings. The second-order valence-electron chi connectivity index (χ2n) is 3.41. The first kappa shape index (κ1) is 10.8. The highest BCUT2D eigenvalue weighted by Gasteiger charge is 2.11. The third-order valence-electron chi connectivity index (χ3n) is 2.31. The molecule has 1 aromatic carbocycles. The van der Waals surface area contributed by atoms with Crippen LogP contribution in [-0.4, -0.2) is 18.9 Å². The quantitative estimate of drug-likeness (QED) is 0.592. The lowest BCUT2D eigenvalue weighted by molar-refractivity contribution is 0.0606. The van der Waals surface area contributed by atoms with Crippen LogP contribution in [0.2, 0.25) is 0 Å². The molecule has 0 aliphatic carbocycles. The molecule has 2 aromatic rings. The zero-order valence-electron chi connectivity index (χ0n) is 8.94. The van der Waals surface area contributed by atoms with E-state index in [0.717, 1.165) is 10.1 Å². The topological polar surface area (TPSA) is 43.4 Å². The van der Waals surface area contributed by atoms with E-state index in [1.165, 1.54) is 25.4 Å². The molecule has 0 bridgehead atoms.